The molecule has 0 amide bonds. The van der Waals surface area contributed by atoms with Gasteiger partial charge in [0.25, 0.3) is 10.2 Å². The zero-order valence-corrected chi connectivity index (χ0v) is 14.2. The van der Waals surface area contributed by atoms with Gasteiger partial charge in [-0.2, -0.15) is 17.0 Å². The zero-order valence-electron chi connectivity index (χ0n) is 13.4. The van der Waals surface area contributed by atoms with Crippen molar-refractivity contribution >= 4 is 10.2 Å². The molecule has 0 aromatic rings. The Morgan fingerprint density at radius 3 is 2.38 bits per heavy atom. The molecule has 0 aromatic carbocycles. The maximum atomic E-state index is 12.9. The first kappa shape index (κ1) is 17.1. The lowest BCUT2D eigenvalue weighted by atomic mass is 9.90. The minimum absolute atomic E-state index is 0.0620. The van der Waals surface area contributed by atoms with E-state index in [1.165, 1.54) is 0 Å². The molecule has 2 fully saturated rings. The molecule has 124 valence electrons. The van der Waals surface area contributed by atoms with Crippen molar-refractivity contribution in [3.05, 3.63) is 0 Å². The van der Waals surface area contributed by atoms with Crippen molar-refractivity contribution in [2.24, 2.45) is 11.7 Å². The Labute approximate surface area is 128 Å². The second-order valence-corrected chi connectivity index (χ2v) is 8.26. The standard InChI is InChI=1S/C14H29N3O3S/c1-4-13-5-6-17(14(7-13)8-15)21(18,19)16-9-11(2)20-12(3)10-16/h11-14H,4-10,15H2,1-3H3. The van der Waals surface area contributed by atoms with Crippen molar-refractivity contribution in [2.75, 3.05) is 26.2 Å². The molecule has 0 aromatic heterocycles. The smallest absolute Gasteiger partial charge is 0.282 e. The molecule has 7 heteroatoms. The fourth-order valence-electron chi connectivity index (χ4n) is 3.47. The lowest BCUT2D eigenvalue weighted by molar-refractivity contribution is -0.0461. The van der Waals surface area contributed by atoms with Crippen molar-refractivity contribution in [2.45, 2.75) is 58.3 Å². The molecule has 2 heterocycles. The number of ether oxygens (including phenoxy) is 1. The molecule has 6 nitrogen and oxygen atoms in total. The minimum atomic E-state index is -3.44. The molecular formula is C14H29N3O3S. The average Bonchev–Trinajstić information content (AvgIpc) is 2.45. The molecule has 0 spiro atoms. The normalized spacial score (nSPS) is 36.8. The number of rotatable bonds is 4. The van der Waals surface area contributed by atoms with Crippen LogP contribution in [-0.4, -0.2) is 61.5 Å². The van der Waals surface area contributed by atoms with Crippen LogP contribution in [0, 0.1) is 5.92 Å². The summed E-state index contributed by atoms with van der Waals surface area (Å²) in [7, 11) is -3.44. The van der Waals surface area contributed by atoms with Crippen LogP contribution in [-0.2, 0) is 14.9 Å². The van der Waals surface area contributed by atoms with Gasteiger partial charge < -0.3 is 10.5 Å². The predicted molar refractivity (Wildman–Crippen MR) is 83.1 cm³/mol. The van der Waals surface area contributed by atoms with E-state index in [2.05, 4.69) is 6.92 Å². The van der Waals surface area contributed by atoms with Gasteiger partial charge in [0.1, 0.15) is 0 Å². The van der Waals surface area contributed by atoms with Gasteiger partial charge in [-0.15, -0.1) is 0 Å². The molecule has 2 aliphatic heterocycles. The molecule has 0 bridgehead atoms. The topological polar surface area (TPSA) is 75.9 Å². The maximum absolute atomic E-state index is 12.9. The summed E-state index contributed by atoms with van der Waals surface area (Å²) in [5.74, 6) is 0.590. The maximum Gasteiger partial charge on any atom is 0.282 e. The molecule has 2 N–H and O–H groups in total. The van der Waals surface area contributed by atoms with Crippen LogP contribution in [0.5, 0.6) is 0 Å². The lowest BCUT2D eigenvalue weighted by Gasteiger charge is -2.42. The van der Waals surface area contributed by atoms with Crippen molar-refractivity contribution in [1.82, 2.24) is 8.61 Å². The molecule has 4 atom stereocenters. The SMILES string of the molecule is CCC1CCN(S(=O)(=O)N2CC(C)OC(C)C2)C(CN)C1. The van der Waals surface area contributed by atoms with E-state index in [1.54, 1.807) is 8.61 Å². The largest absolute Gasteiger partial charge is 0.373 e. The number of nitrogens with two attached hydrogens (primary N) is 1. The Morgan fingerprint density at radius 1 is 1.24 bits per heavy atom. The summed E-state index contributed by atoms with van der Waals surface area (Å²) < 4.78 is 34.7. The molecule has 2 saturated heterocycles. The van der Waals surface area contributed by atoms with Gasteiger partial charge >= 0.3 is 0 Å². The van der Waals surface area contributed by atoms with E-state index < -0.39 is 10.2 Å². The van der Waals surface area contributed by atoms with Gasteiger partial charge in [0.05, 0.1) is 12.2 Å². The molecule has 21 heavy (non-hydrogen) atoms. The molecule has 0 aliphatic carbocycles. The Balaban J connectivity index is 2.14. The average molecular weight is 319 g/mol. The quantitative estimate of drug-likeness (QED) is 0.831. The van der Waals surface area contributed by atoms with Crippen LogP contribution in [0.1, 0.15) is 40.0 Å². The Hall–Kier alpha value is -0.210. The summed E-state index contributed by atoms with van der Waals surface area (Å²) in [5, 5.41) is 0. The molecule has 2 aliphatic rings. The first-order chi connectivity index (χ1) is 9.88. The van der Waals surface area contributed by atoms with Gasteiger partial charge in [-0.25, -0.2) is 0 Å². The number of morpholine rings is 1. The summed E-state index contributed by atoms with van der Waals surface area (Å²) in [6.45, 7) is 7.83. The summed E-state index contributed by atoms with van der Waals surface area (Å²) in [6.07, 6.45) is 2.78. The number of hydrogen-bond acceptors (Lipinski definition) is 4. The fourth-order valence-corrected chi connectivity index (χ4v) is 5.45. The van der Waals surface area contributed by atoms with Crippen LogP contribution in [0.15, 0.2) is 0 Å². The van der Waals surface area contributed by atoms with Crippen molar-refractivity contribution in [3.63, 3.8) is 0 Å². The predicted octanol–water partition coefficient (Wildman–Crippen LogP) is 0.790. The van der Waals surface area contributed by atoms with Crippen molar-refractivity contribution in [3.8, 4) is 0 Å². The monoisotopic (exact) mass is 319 g/mol. The second-order valence-electron chi connectivity index (χ2n) is 6.38. The Bertz CT molecular complexity index is 433. The summed E-state index contributed by atoms with van der Waals surface area (Å²) in [5.41, 5.74) is 5.84. The first-order valence-corrected chi connectivity index (χ1v) is 9.40. The van der Waals surface area contributed by atoms with Gasteiger partial charge in [0.2, 0.25) is 0 Å². The third-order valence-corrected chi connectivity index (χ3v) is 6.65. The van der Waals surface area contributed by atoms with Crippen LogP contribution >= 0.6 is 0 Å². The van der Waals surface area contributed by atoms with Gasteiger partial charge in [0, 0.05) is 32.2 Å². The molecule has 4 unspecified atom stereocenters. The van der Waals surface area contributed by atoms with Crippen LogP contribution in [0.3, 0.4) is 0 Å². The second kappa shape index (κ2) is 6.91. The number of piperidine rings is 1. The van der Waals surface area contributed by atoms with E-state index in [0.717, 1.165) is 19.3 Å². The minimum Gasteiger partial charge on any atom is -0.373 e. The fraction of sp³-hybridized carbons (Fsp3) is 1.00. The van der Waals surface area contributed by atoms with Crippen LogP contribution in [0.2, 0.25) is 0 Å². The van der Waals surface area contributed by atoms with Crippen LogP contribution in [0.4, 0.5) is 0 Å². The van der Waals surface area contributed by atoms with E-state index in [0.29, 0.717) is 32.1 Å². The molecule has 2 rings (SSSR count). The van der Waals surface area contributed by atoms with Crippen molar-refractivity contribution < 1.29 is 13.2 Å². The van der Waals surface area contributed by atoms with E-state index in [1.807, 2.05) is 13.8 Å². The van der Waals surface area contributed by atoms with Crippen LogP contribution in [0.25, 0.3) is 0 Å². The van der Waals surface area contributed by atoms with Gasteiger partial charge in [-0.3, -0.25) is 0 Å². The number of nitrogens with zero attached hydrogens (tertiary/aromatic N) is 2. The van der Waals surface area contributed by atoms with E-state index >= 15 is 0 Å². The van der Waals surface area contributed by atoms with E-state index in [4.69, 9.17) is 10.5 Å². The zero-order chi connectivity index (χ0) is 15.6. The molecule has 0 saturated carbocycles. The van der Waals surface area contributed by atoms with E-state index in [-0.39, 0.29) is 18.2 Å². The number of hydrogen-bond donors (Lipinski definition) is 1. The third kappa shape index (κ3) is 3.76. The van der Waals surface area contributed by atoms with Gasteiger partial charge in [0.15, 0.2) is 0 Å². The van der Waals surface area contributed by atoms with Crippen molar-refractivity contribution in [1.29, 1.82) is 0 Å². The van der Waals surface area contributed by atoms with E-state index in [9.17, 15) is 8.42 Å². The third-order valence-electron chi connectivity index (χ3n) is 4.63. The summed E-state index contributed by atoms with van der Waals surface area (Å²) in [6, 6.07) is -0.0674. The highest BCUT2D eigenvalue weighted by atomic mass is 32.2. The Kier molecular flexibility index (Phi) is 5.65. The highest BCUT2D eigenvalue weighted by Gasteiger charge is 2.40. The summed E-state index contributed by atoms with van der Waals surface area (Å²) >= 11 is 0. The van der Waals surface area contributed by atoms with Crippen LogP contribution < -0.4 is 5.73 Å². The first-order valence-electron chi connectivity index (χ1n) is 8.00. The molecular weight excluding hydrogens is 290 g/mol. The van der Waals surface area contributed by atoms with Gasteiger partial charge in [-0.1, -0.05) is 13.3 Å². The van der Waals surface area contributed by atoms with Gasteiger partial charge in [-0.05, 0) is 32.6 Å². The molecule has 0 radical (unpaired) electrons. The summed E-state index contributed by atoms with van der Waals surface area (Å²) in [4.78, 5) is 0. The highest BCUT2D eigenvalue weighted by Crippen LogP contribution is 2.29. The highest BCUT2D eigenvalue weighted by molar-refractivity contribution is 7.86. The Morgan fingerprint density at radius 2 is 1.86 bits per heavy atom. The lowest BCUT2D eigenvalue weighted by Crippen LogP contribution is -2.58.